The van der Waals surface area contributed by atoms with Gasteiger partial charge in [0.05, 0.1) is 27.8 Å². The maximum Gasteiger partial charge on any atom is 0.109 e. The average Bonchev–Trinajstić information content (AvgIpc) is 3.64. The summed E-state index contributed by atoms with van der Waals surface area (Å²) < 4.78 is 0. The zero-order valence-corrected chi connectivity index (χ0v) is 23.1. The fourth-order valence-corrected chi connectivity index (χ4v) is 6.29. The first-order valence-corrected chi connectivity index (χ1v) is 14.1. The van der Waals surface area contributed by atoms with Crippen LogP contribution in [0.3, 0.4) is 0 Å². The third-order valence-electron chi connectivity index (χ3n) is 8.44. The topological polar surface area (TPSA) is 66.8 Å². The van der Waals surface area contributed by atoms with E-state index in [-0.39, 0.29) is 0 Å². The number of pyridine rings is 2. The van der Waals surface area contributed by atoms with Crippen LogP contribution in [-0.2, 0) is 6.42 Å². The van der Waals surface area contributed by atoms with E-state index in [1.54, 1.807) is 0 Å². The van der Waals surface area contributed by atoms with Crippen LogP contribution in [0.5, 0.6) is 0 Å². The zero-order valence-electron chi connectivity index (χ0n) is 23.1. The van der Waals surface area contributed by atoms with E-state index in [1.165, 1.54) is 27.6 Å². The molecule has 0 radical (unpaired) electrons. The molecule has 0 amide bonds. The first-order valence-electron chi connectivity index (χ1n) is 14.1. The van der Waals surface area contributed by atoms with Crippen molar-refractivity contribution in [2.24, 2.45) is 10.9 Å². The highest BCUT2D eigenvalue weighted by Crippen LogP contribution is 2.43. The Hall–Kier alpha value is -4.64. The van der Waals surface area contributed by atoms with E-state index in [9.17, 15) is 0 Å². The monoisotopic (exact) mass is 519 g/mol. The van der Waals surface area contributed by atoms with Gasteiger partial charge in [-0.1, -0.05) is 52.0 Å². The van der Waals surface area contributed by atoms with Crippen molar-refractivity contribution in [2.75, 3.05) is 0 Å². The second-order valence-corrected chi connectivity index (χ2v) is 11.6. The van der Waals surface area contributed by atoms with Crippen LogP contribution in [0.25, 0.3) is 65.5 Å². The van der Waals surface area contributed by atoms with Gasteiger partial charge in [-0.2, -0.15) is 0 Å². The van der Waals surface area contributed by atoms with Gasteiger partial charge in [0, 0.05) is 57.4 Å². The minimum Gasteiger partial charge on any atom is -0.341 e. The van der Waals surface area contributed by atoms with Crippen LogP contribution in [0.15, 0.2) is 78.0 Å². The fraction of sp³-hybridized carbons (Fsp3) is 0.200. The van der Waals surface area contributed by atoms with Crippen molar-refractivity contribution >= 4 is 65.8 Å². The molecule has 7 aromatic rings. The molecule has 0 fully saturated rings. The molecule has 0 saturated heterocycles. The molecule has 1 N–H and O–H groups in total. The molecule has 0 unspecified atom stereocenters. The SMILES string of the molecule is CC(C)C1=Nc2c(c3ccc(-c4ccc5c(c4)c4ncccc4c4nc(C(C)C)[nH]c54)cc3c3ncccc23)C1. The number of hydrogen-bond donors (Lipinski definition) is 1. The normalized spacial score (nSPS) is 13.5. The Balaban J connectivity index is 1.37. The molecular formula is C35H29N5. The Morgan fingerprint density at radius 3 is 2.00 bits per heavy atom. The number of aliphatic imine (C=N–C) groups is 1. The number of nitrogens with zero attached hydrogens (tertiary/aromatic N) is 4. The van der Waals surface area contributed by atoms with Crippen molar-refractivity contribution in [3.05, 3.63) is 84.4 Å². The molecule has 4 heterocycles. The van der Waals surface area contributed by atoms with Crippen LogP contribution in [0.1, 0.15) is 45.0 Å². The fourth-order valence-electron chi connectivity index (χ4n) is 6.29. The van der Waals surface area contributed by atoms with Crippen LogP contribution in [0.2, 0.25) is 0 Å². The minimum absolute atomic E-state index is 0.318. The zero-order chi connectivity index (χ0) is 27.1. The van der Waals surface area contributed by atoms with Crippen LogP contribution >= 0.6 is 0 Å². The van der Waals surface area contributed by atoms with Gasteiger partial charge in [0.2, 0.25) is 0 Å². The quantitative estimate of drug-likeness (QED) is 0.237. The van der Waals surface area contributed by atoms with Gasteiger partial charge in [0.25, 0.3) is 0 Å². The highest BCUT2D eigenvalue weighted by Gasteiger charge is 2.23. The molecule has 0 bridgehead atoms. The number of H-pyrrole nitrogens is 1. The molecule has 5 heteroatoms. The van der Waals surface area contributed by atoms with Crippen molar-refractivity contribution < 1.29 is 0 Å². The first-order chi connectivity index (χ1) is 19.5. The summed E-state index contributed by atoms with van der Waals surface area (Å²) >= 11 is 0. The van der Waals surface area contributed by atoms with Gasteiger partial charge in [0.15, 0.2) is 0 Å². The van der Waals surface area contributed by atoms with Crippen molar-refractivity contribution in [2.45, 2.75) is 40.0 Å². The third-order valence-corrected chi connectivity index (χ3v) is 8.44. The summed E-state index contributed by atoms with van der Waals surface area (Å²) in [5.74, 6) is 1.74. The van der Waals surface area contributed by atoms with Crippen LogP contribution in [0.4, 0.5) is 5.69 Å². The Morgan fingerprint density at radius 1 is 0.650 bits per heavy atom. The molecular weight excluding hydrogens is 490 g/mol. The second kappa shape index (κ2) is 8.43. The summed E-state index contributed by atoms with van der Waals surface area (Å²) in [5, 5.41) is 6.92. The Labute approximate surface area is 232 Å². The second-order valence-electron chi connectivity index (χ2n) is 11.6. The predicted octanol–water partition coefficient (Wildman–Crippen LogP) is 9.04. The van der Waals surface area contributed by atoms with Gasteiger partial charge in [-0.05, 0) is 64.4 Å². The molecule has 0 aliphatic carbocycles. The lowest BCUT2D eigenvalue weighted by Crippen LogP contribution is -2.06. The maximum absolute atomic E-state index is 5.07. The van der Waals surface area contributed by atoms with E-state index in [2.05, 4.69) is 81.2 Å². The molecule has 0 saturated carbocycles. The van der Waals surface area contributed by atoms with Crippen LogP contribution in [-0.4, -0.2) is 25.6 Å². The highest BCUT2D eigenvalue weighted by atomic mass is 14.9. The molecule has 194 valence electrons. The van der Waals surface area contributed by atoms with E-state index < -0.39 is 0 Å². The van der Waals surface area contributed by atoms with Crippen molar-refractivity contribution in [3.8, 4) is 11.1 Å². The molecule has 3 aromatic heterocycles. The smallest absolute Gasteiger partial charge is 0.109 e. The van der Waals surface area contributed by atoms with E-state index in [4.69, 9.17) is 19.9 Å². The summed E-state index contributed by atoms with van der Waals surface area (Å²) in [4.78, 5) is 23.3. The first kappa shape index (κ1) is 23.3. The van der Waals surface area contributed by atoms with E-state index >= 15 is 0 Å². The van der Waals surface area contributed by atoms with Crippen LogP contribution in [0, 0.1) is 5.92 Å². The summed E-state index contributed by atoms with van der Waals surface area (Å²) in [6.45, 7) is 8.79. The van der Waals surface area contributed by atoms with Crippen molar-refractivity contribution in [3.63, 3.8) is 0 Å². The predicted molar refractivity (Wildman–Crippen MR) is 167 cm³/mol. The summed E-state index contributed by atoms with van der Waals surface area (Å²) in [6.07, 6.45) is 4.66. The highest BCUT2D eigenvalue weighted by molar-refractivity contribution is 6.23. The summed E-state index contributed by atoms with van der Waals surface area (Å²) in [7, 11) is 0. The number of aromatic amines is 1. The van der Waals surface area contributed by atoms with Gasteiger partial charge >= 0.3 is 0 Å². The molecule has 8 rings (SSSR count). The van der Waals surface area contributed by atoms with Gasteiger partial charge in [-0.15, -0.1) is 0 Å². The maximum atomic E-state index is 5.07. The van der Waals surface area contributed by atoms with E-state index in [1.807, 2.05) is 24.5 Å². The molecule has 0 spiro atoms. The molecule has 1 aliphatic rings. The number of fused-ring (bicyclic) bond motifs is 12. The molecule has 5 nitrogen and oxygen atoms in total. The van der Waals surface area contributed by atoms with E-state index in [0.717, 1.165) is 67.1 Å². The largest absolute Gasteiger partial charge is 0.341 e. The lowest BCUT2D eigenvalue weighted by Gasteiger charge is -2.12. The number of nitrogens with one attached hydrogen (secondary N) is 1. The van der Waals surface area contributed by atoms with Gasteiger partial charge in [0.1, 0.15) is 5.82 Å². The number of hydrogen-bond acceptors (Lipinski definition) is 4. The number of rotatable bonds is 3. The van der Waals surface area contributed by atoms with Crippen molar-refractivity contribution in [1.82, 2.24) is 19.9 Å². The van der Waals surface area contributed by atoms with Crippen LogP contribution < -0.4 is 0 Å². The summed E-state index contributed by atoms with van der Waals surface area (Å²) in [6, 6.07) is 21.8. The Kier molecular flexibility index (Phi) is 4.90. The minimum atomic E-state index is 0.318. The molecule has 0 atom stereocenters. The lowest BCUT2D eigenvalue weighted by molar-refractivity contribution is 0.799. The Bertz CT molecular complexity index is 2200. The van der Waals surface area contributed by atoms with Gasteiger partial charge in [-0.3, -0.25) is 15.0 Å². The summed E-state index contributed by atoms with van der Waals surface area (Å²) in [5.41, 5.74) is 10.1. The molecule has 1 aliphatic heterocycles. The average molecular weight is 520 g/mol. The van der Waals surface area contributed by atoms with Gasteiger partial charge in [-0.25, -0.2) is 4.98 Å². The standard InChI is InChI=1S/C35H29N5/c1-18(2)29-17-28-22-11-9-20(15-26(22)30-24(32(28)38-29)7-5-13-36-30)21-10-12-23-27(16-21)31-25(8-6-14-37-31)34-33(23)39-35(40-34)19(3)4/h5-16,18-19H,17H2,1-4H3,(H,39,40). The van der Waals surface area contributed by atoms with Gasteiger partial charge < -0.3 is 4.98 Å². The Morgan fingerprint density at radius 2 is 1.30 bits per heavy atom. The lowest BCUT2D eigenvalue weighted by atomic mass is 9.92. The number of aromatic nitrogens is 4. The molecule has 4 aromatic carbocycles. The van der Waals surface area contributed by atoms with Crippen molar-refractivity contribution in [1.29, 1.82) is 0 Å². The third kappa shape index (κ3) is 3.27. The van der Waals surface area contributed by atoms with E-state index in [0.29, 0.717) is 11.8 Å². The molecule has 40 heavy (non-hydrogen) atoms. The number of benzene rings is 4. The number of imidazole rings is 1.